The van der Waals surface area contributed by atoms with E-state index in [0.717, 1.165) is 26.0 Å². The summed E-state index contributed by atoms with van der Waals surface area (Å²) in [5, 5.41) is 11.8. The van der Waals surface area contributed by atoms with Crippen molar-refractivity contribution in [2.45, 2.75) is 32.3 Å². The summed E-state index contributed by atoms with van der Waals surface area (Å²) >= 11 is 0. The molecule has 0 radical (unpaired) electrons. The molecule has 1 fully saturated rings. The van der Waals surface area contributed by atoms with Crippen LogP contribution in [0, 0.1) is 0 Å². The first kappa shape index (κ1) is 12.2. The zero-order valence-electron chi connectivity index (χ0n) is 9.16. The smallest absolute Gasteiger partial charge is 0.330 e. The lowest BCUT2D eigenvalue weighted by molar-refractivity contribution is -0.132. The van der Waals surface area contributed by atoms with Gasteiger partial charge in [-0.15, -0.1) is 0 Å². The molecule has 0 bridgehead atoms. The van der Waals surface area contributed by atoms with Gasteiger partial charge in [-0.05, 0) is 26.2 Å². The van der Waals surface area contributed by atoms with Crippen LogP contribution in [0.25, 0.3) is 0 Å². The molecule has 1 unspecified atom stereocenters. The van der Waals surface area contributed by atoms with Crippen LogP contribution in [-0.2, 0) is 9.53 Å². The minimum Gasteiger partial charge on any atom is -0.478 e. The molecule has 4 heteroatoms. The van der Waals surface area contributed by atoms with E-state index in [4.69, 9.17) is 9.84 Å². The van der Waals surface area contributed by atoms with Crippen LogP contribution in [0.2, 0.25) is 0 Å². The maximum absolute atomic E-state index is 10.5. The molecular weight excluding hydrogens is 194 g/mol. The summed E-state index contributed by atoms with van der Waals surface area (Å²) in [5.74, 6) is -0.856. The van der Waals surface area contributed by atoms with Crippen molar-refractivity contribution in [2.24, 2.45) is 0 Å². The molecule has 0 aromatic carbocycles. The Hall–Kier alpha value is -0.870. The van der Waals surface area contributed by atoms with Gasteiger partial charge in [-0.2, -0.15) is 0 Å². The lowest BCUT2D eigenvalue weighted by Crippen LogP contribution is -2.32. The van der Waals surface area contributed by atoms with E-state index in [2.05, 4.69) is 5.32 Å². The third-order valence-corrected chi connectivity index (χ3v) is 2.54. The van der Waals surface area contributed by atoms with Crippen LogP contribution in [0.3, 0.4) is 0 Å². The lowest BCUT2D eigenvalue weighted by atomic mass is 10.1. The number of rotatable bonds is 5. The third kappa shape index (κ3) is 4.95. The SMILES string of the molecule is CC(=CCNCC1CCCCO1)C(=O)O. The molecule has 86 valence electrons. The van der Waals surface area contributed by atoms with E-state index in [1.165, 1.54) is 6.42 Å². The van der Waals surface area contributed by atoms with Crippen molar-refractivity contribution >= 4 is 5.97 Å². The van der Waals surface area contributed by atoms with Crippen molar-refractivity contribution in [3.63, 3.8) is 0 Å². The maximum Gasteiger partial charge on any atom is 0.330 e. The molecule has 0 saturated carbocycles. The Kier molecular flexibility index (Phi) is 5.36. The zero-order valence-corrected chi connectivity index (χ0v) is 9.16. The number of carboxylic acid groups (broad SMARTS) is 1. The largest absolute Gasteiger partial charge is 0.478 e. The van der Waals surface area contributed by atoms with Crippen molar-refractivity contribution in [1.82, 2.24) is 5.32 Å². The molecule has 1 heterocycles. The van der Waals surface area contributed by atoms with Gasteiger partial charge in [0.15, 0.2) is 0 Å². The standard InChI is InChI=1S/C11H19NO3/c1-9(11(13)14)5-6-12-8-10-4-2-3-7-15-10/h5,10,12H,2-4,6-8H2,1H3,(H,13,14). The van der Waals surface area contributed by atoms with Gasteiger partial charge in [-0.3, -0.25) is 0 Å². The molecule has 4 nitrogen and oxygen atoms in total. The maximum atomic E-state index is 10.5. The molecule has 0 aliphatic carbocycles. The van der Waals surface area contributed by atoms with E-state index in [0.29, 0.717) is 18.2 Å². The Morgan fingerprint density at radius 3 is 3.00 bits per heavy atom. The fourth-order valence-corrected chi connectivity index (χ4v) is 1.53. The quantitative estimate of drug-likeness (QED) is 0.532. The van der Waals surface area contributed by atoms with Crippen molar-refractivity contribution in [1.29, 1.82) is 0 Å². The monoisotopic (exact) mass is 213 g/mol. The summed E-state index contributed by atoms with van der Waals surface area (Å²) in [6, 6.07) is 0. The highest BCUT2D eigenvalue weighted by atomic mass is 16.5. The number of aliphatic carboxylic acids is 1. The van der Waals surface area contributed by atoms with Crippen LogP contribution in [0.1, 0.15) is 26.2 Å². The fraction of sp³-hybridized carbons (Fsp3) is 0.727. The summed E-state index contributed by atoms with van der Waals surface area (Å²) in [6.07, 6.45) is 5.49. The van der Waals surface area contributed by atoms with Crippen LogP contribution in [0.4, 0.5) is 0 Å². The highest BCUT2D eigenvalue weighted by molar-refractivity contribution is 5.85. The Bertz CT molecular complexity index is 232. The minimum absolute atomic E-state index is 0.303. The molecule has 0 spiro atoms. The molecule has 1 atom stereocenters. The summed E-state index contributed by atoms with van der Waals surface area (Å²) in [6.45, 7) is 3.86. The summed E-state index contributed by atoms with van der Waals surface area (Å²) in [5.41, 5.74) is 0.382. The summed E-state index contributed by atoms with van der Waals surface area (Å²) in [7, 11) is 0. The van der Waals surface area contributed by atoms with Gasteiger partial charge in [0, 0.05) is 25.3 Å². The number of carboxylic acids is 1. The number of hydrogen-bond donors (Lipinski definition) is 2. The summed E-state index contributed by atoms with van der Waals surface area (Å²) < 4.78 is 5.53. The molecular formula is C11H19NO3. The first-order valence-electron chi connectivity index (χ1n) is 5.42. The van der Waals surface area contributed by atoms with Crippen LogP contribution in [0.15, 0.2) is 11.6 Å². The predicted octanol–water partition coefficient (Wildman–Crippen LogP) is 1.18. The highest BCUT2D eigenvalue weighted by Gasteiger charge is 2.12. The molecule has 1 rings (SSSR count). The van der Waals surface area contributed by atoms with Gasteiger partial charge in [0.2, 0.25) is 0 Å². The molecule has 0 amide bonds. The number of nitrogens with one attached hydrogen (secondary N) is 1. The van der Waals surface area contributed by atoms with E-state index in [1.54, 1.807) is 13.0 Å². The summed E-state index contributed by atoms with van der Waals surface area (Å²) in [4.78, 5) is 10.5. The van der Waals surface area contributed by atoms with Crippen LogP contribution < -0.4 is 5.32 Å². The Labute approximate surface area is 90.3 Å². The third-order valence-electron chi connectivity index (χ3n) is 2.54. The molecule has 15 heavy (non-hydrogen) atoms. The average molecular weight is 213 g/mol. The van der Waals surface area contributed by atoms with Crippen LogP contribution >= 0.6 is 0 Å². The van der Waals surface area contributed by atoms with E-state index < -0.39 is 5.97 Å². The van der Waals surface area contributed by atoms with E-state index in [1.807, 2.05) is 0 Å². The van der Waals surface area contributed by atoms with Gasteiger partial charge in [0.1, 0.15) is 0 Å². The van der Waals surface area contributed by atoms with Crippen LogP contribution in [0.5, 0.6) is 0 Å². The van der Waals surface area contributed by atoms with Gasteiger partial charge in [0.05, 0.1) is 6.10 Å². The predicted molar refractivity (Wildman–Crippen MR) is 57.9 cm³/mol. The molecule has 0 aromatic rings. The number of carbonyl (C=O) groups is 1. The minimum atomic E-state index is -0.856. The molecule has 1 saturated heterocycles. The van der Waals surface area contributed by atoms with E-state index in [-0.39, 0.29) is 0 Å². The van der Waals surface area contributed by atoms with Gasteiger partial charge in [-0.25, -0.2) is 4.79 Å². The van der Waals surface area contributed by atoms with Crippen LogP contribution in [-0.4, -0.2) is 36.9 Å². The first-order chi connectivity index (χ1) is 7.20. The number of ether oxygens (including phenoxy) is 1. The average Bonchev–Trinajstić information content (AvgIpc) is 2.25. The van der Waals surface area contributed by atoms with E-state index >= 15 is 0 Å². The topological polar surface area (TPSA) is 58.6 Å². The Morgan fingerprint density at radius 2 is 2.40 bits per heavy atom. The molecule has 1 aliphatic rings. The van der Waals surface area contributed by atoms with Gasteiger partial charge in [-0.1, -0.05) is 6.08 Å². The van der Waals surface area contributed by atoms with Gasteiger partial charge < -0.3 is 15.2 Å². The second kappa shape index (κ2) is 6.58. The second-order valence-electron chi connectivity index (χ2n) is 3.84. The zero-order chi connectivity index (χ0) is 11.1. The first-order valence-corrected chi connectivity index (χ1v) is 5.42. The molecule has 2 N–H and O–H groups in total. The lowest BCUT2D eigenvalue weighted by Gasteiger charge is -2.22. The van der Waals surface area contributed by atoms with Crippen molar-refractivity contribution in [2.75, 3.05) is 19.7 Å². The second-order valence-corrected chi connectivity index (χ2v) is 3.84. The van der Waals surface area contributed by atoms with E-state index in [9.17, 15) is 4.79 Å². The van der Waals surface area contributed by atoms with Gasteiger partial charge in [0.25, 0.3) is 0 Å². The number of hydrogen-bond acceptors (Lipinski definition) is 3. The van der Waals surface area contributed by atoms with Crippen molar-refractivity contribution in [3.8, 4) is 0 Å². The van der Waals surface area contributed by atoms with Crippen molar-refractivity contribution < 1.29 is 14.6 Å². The fourth-order valence-electron chi connectivity index (χ4n) is 1.53. The normalized spacial score (nSPS) is 22.7. The van der Waals surface area contributed by atoms with Gasteiger partial charge >= 0.3 is 5.97 Å². The molecule has 1 aliphatic heterocycles. The molecule has 0 aromatic heterocycles. The Morgan fingerprint density at radius 1 is 1.60 bits per heavy atom. The highest BCUT2D eigenvalue weighted by Crippen LogP contribution is 2.11. The Balaban J connectivity index is 2.10. The van der Waals surface area contributed by atoms with Crippen molar-refractivity contribution in [3.05, 3.63) is 11.6 Å².